The van der Waals surface area contributed by atoms with Crippen LogP contribution in [-0.2, 0) is 9.53 Å². The van der Waals surface area contributed by atoms with Crippen LogP contribution in [0.15, 0.2) is 6.07 Å². The number of hydrogen-bond acceptors (Lipinski definition) is 3. The fraction of sp³-hybridized carbons (Fsp3) is 0.125. The van der Waals surface area contributed by atoms with Gasteiger partial charge in [-0.05, 0) is 6.07 Å². The lowest BCUT2D eigenvalue weighted by molar-refractivity contribution is -0.133. The van der Waals surface area contributed by atoms with E-state index in [1.165, 1.54) is 18.4 Å². The summed E-state index contributed by atoms with van der Waals surface area (Å²) in [6.45, 7) is 0. The molecular formula is C8H4Cl2O2S. The Morgan fingerprint density at radius 2 is 2.31 bits per heavy atom. The second kappa shape index (κ2) is 4.52. The van der Waals surface area contributed by atoms with Crippen molar-refractivity contribution in [3.63, 3.8) is 0 Å². The van der Waals surface area contributed by atoms with Gasteiger partial charge in [0.05, 0.1) is 17.0 Å². The highest BCUT2D eigenvalue weighted by Crippen LogP contribution is 2.30. The van der Waals surface area contributed by atoms with E-state index in [9.17, 15) is 4.79 Å². The lowest BCUT2D eigenvalue weighted by Gasteiger charge is -1.84. The van der Waals surface area contributed by atoms with E-state index in [-0.39, 0.29) is 0 Å². The van der Waals surface area contributed by atoms with E-state index in [0.29, 0.717) is 14.2 Å². The zero-order valence-electron chi connectivity index (χ0n) is 6.56. The predicted octanol–water partition coefficient (Wildman–Crippen LogP) is 2.58. The molecule has 0 aliphatic rings. The van der Waals surface area contributed by atoms with Crippen LogP contribution in [0.1, 0.15) is 5.56 Å². The van der Waals surface area contributed by atoms with Crippen LogP contribution in [0.3, 0.4) is 0 Å². The highest BCUT2D eigenvalue weighted by Gasteiger charge is 2.02. The van der Waals surface area contributed by atoms with E-state index in [2.05, 4.69) is 16.6 Å². The largest absolute Gasteiger partial charge is 0.459 e. The second-order valence-electron chi connectivity index (χ2n) is 1.98. The molecule has 1 heterocycles. The molecule has 0 atom stereocenters. The van der Waals surface area contributed by atoms with Crippen LogP contribution in [0, 0.1) is 11.8 Å². The van der Waals surface area contributed by atoms with Gasteiger partial charge in [-0.1, -0.05) is 29.1 Å². The van der Waals surface area contributed by atoms with Gasteiger partial charge < -0.3 is 4.74 Å². The van der Waals surface area contributed by atoms with Crippen LogP contribution >= 0.6 is 34.5 Å². The standard InChI is InChI=1S/C8H4Cl2O2S/c1-12-7(11)3-2-5-4-6(9)13-8(5)10/h4H,1H3. The van der Waals surface area contributed by atoms with Crippen molar-refractivity contribution in [1.82, 2.24) is 0 Å². The topological polar surface area (TPSA) is 26.3 Å². The third-order valence-corrected chi connectivity index (χ3v) is 2.63. The second-order valence-corrected chi connectivity index (χ2v) is 4.27. The van der Waals surface area contributed by atoms with Gasteiger partial charge in [-0.15, -0.1) is 11.3 Å². The quantitative estimate of drug-likeness (QED) is 0.510. The summed E-state index contributed by atoms with van der Waals surface area (Å²) in [5.41, 5.74) is 0.544. The van der Waals surface area contributed by atoms with Gasteiger partial charge in [-0.2, -0.15) is 0 Å². The molecule has 0 amide bonds. The molecule has 0 aromatic carbocycles. The van der Waals surface area contributed by atoms with Crippen molar-refractivity contribution < 1.29 is 9.53 Å². The van der Waals surface area contributed by atoms with Crippen molar-refractivity contribution in [2.24, 2.45) is 0 Å². The molecule has 0 saturated heterocycles. The van der Waals surface area contributed by atoms with E-state index in [0.717, 1.165) is 0 Å². The van der Waals surface area contributed by atoms with Crippen LogP contribution in [0.25, 0.3) is 0 Å². The van der Waals surface area contributed by atoms with Crippen molar-refractivity contribution in [2.75, 3.05) is 7.11 Å². The maximum Gasteiger partial charge on any atom is 0.384 e. The molecular weight excluding hydrogens is 231 g/mol. The molecule has 0 aliphatic heterocycles. The molecule has 2 nitrogen and oxygen atoms in total. The average molecular weight is 235 g/mol. The van der Waals surface area contributed by atoms with Gasteiger partial charge >= 0.3 is 5.97 Å². The number of methoxy groups -OCH3 is 1. The lowest BCUT2D eigenvalue weighted by Crippen LogP contribution is -1.94. The minimum atomic E-state index is -0.599. The molecule has 0 bridgehead atoms. The van der Waals surface area contributed by atoms with Gasteiger partial charge in [0, 0.05) is 5.92 Å². The van der Waals surface area contributed by atoms with Crippen LogP contribution in [0.4, 0.5) is 0 Å². The van der Waals surface area contributed by atoms with Crippen LogP contribution in [-0.4, -0.2) is 13.1 Å². The molecule has 13 heavy (non-hydrogen) atoms. The summed E-state index contributed by atoms with van der Waals surface area (Å²) in [7, 11) is 1.26. The number of carbonyl (C=O) groups is 1. The van der Waals surface area contributed by atoms with Gasteiger partial charge in [-0.3, -0.25) is 0 Å². The first-order valence-electron chi connectivity index (χ1n) is 3.18. The average Bonchev–Trinajstić information content (AvgIpc) is 2.41. The zero-order chi connectivity index (χ0) is 9.84. The molecule has 0 spiro atoms. The number of halogens is 2. The minimum absolute atomic E-state index is 0.474. The SMILES string of the molecule is COC(=O)C#Cc1cc(Cl)sc1Cl. The van der Waals surface area contributed by atoms with Crippen LogP contribution < -0.4 is 0 Å². The summed E-state index contributed by atoms with van der Waals surface area (Å²) < 4.78 is 5.35. The summed E-state index contributed by atoms with van der Waals surface area (Å²) in [6, 6.07) is 1.60. The molecule has 1 aromatic rings. The summed E-state index contributed by atoms with van der Waals surface area (Å²) in [4.78, 5) is 10.6. The monoisotopic (exact) mass is 234 g/mol. The van der Waals surface area contributed by atoms with Crippen LogP contribution in [0.2, 0.25) is 8.67 Å². The molecule has 0 saturated carbocycles. The van der Waals surface area contributed by atoms with Crippen molar-refractivity contribution >= 4 is 40.5 Å². The maximum absolute atomic E-state index is 10.6. The first-order chi connectivity index (χ1) is 6.13. The lowest BCUT2D eigenvalue weighted by atomic mass is 10.3. The van der Waals surface area contributed by atoms with Gasteiger partial charge in [0.2, 0.25) is 0 Å². The molecule has 0 fully saturated rings. The van der Waals surface area contributed by atoms with Crippen molar-refractivity contribution in [3.8, 4) is 11.8 Å². The number of thiophene rings is 1. The zero-order valence-corrected chi connectivity index (χ0v) is 8.89. The molecule has 68 valence electrons. The summed E-state index contributed by atoms with van der Waals surface area (Å²) in [5.74, 6) is 4.21. The first kappa shape index (κ1) is 10.4. The summed E-state index contributed by atoms with van der Waals surface area (Å²) >= 11 is 12.6. The molecule has 0 radical (unpaired) electrons. The third kappa shape index (κ3) is 2.92. The van der Waals surface area contributed by atoms with E-state index >= 15 is 0 Å². The predicted molar refractivity (Wildman–Crippen MR) is 53.2 cm³/mol. The number of rotatable bonds is 0. The van der Waals surface area contributed by atoms with E-state index in [1.54, 1.807) is 6.07 Å². The fourth-order valence-corrected chi connectivity index (χ4v) is 1.97. The highest BCUT2D eigenvalue weighted by atomic mass is 35.5. The molecule has 0 N–H and O–H groups in total. The Morgan fingerprint density at radius 3 is 2.77 bits per heavy atom. The smallest absolute Gasteiger partial charge is 0.384 e. The Kier molecular flexibility index (Phi) is 3.61. The summed E-state index contributed by atoms with van der Waals surface area (Å²) in [5, 5.41) is 0. The molecule has 5 heteroatoms. The van der Waals surface area contributed by atoms with Crippen molar-refractivity contribution in [1.29, 1.82) is 0 Å². The normalized spacial score (nSPS) is 8.85. The minimum Gasteiger partial charge on any atom is -0.459 e. The van der Waals surface area contributed by atoms with E-state index in [1.807, 2.05) is 0 Å². The molecule has 1 aromatic heterocycles. The molecule has 1 rings (SSSR count). The number of esters is 1. The Balaban J connectivity index is 2.89. The third-order valence-electron chi connectivity index (χ3n) is 1.14. The summed E-state index contributed by atoms with van der Waals surface area (Å²) in [6.07, 6.45) is 0. The Bertz CT molecular complexity index is 387. The maximum atomic E-state index is 10.6. The van der Waals surface area contributed by atoms with E-state index < -0.39 is 5.97 Å². The number of hydrogen-bond donors (Lipinski definition) is 0. The fourth-order valence-electron chi connectivity index (χ4n) is 0.595. The molecule has 0 unspecified atom stereocenters. The Morgan fingerprint density at radius 1 is 1.62 bits per heavy atom. The van der Waals surface area contributed by atoms with Gasteiger partial charge in [0.1, 0.15) is 4.34 Å². The highest BCUT2D eigenvalue weighted by molar-refractivity contribution is 7.20. The van der Waals surface area contributed by atoms with Crippen molar-refractivity contribution in [3.05, 3.63) is 20.3 Å². The van der Waals surface area contributed by atoms with Gasteiger partial charge in [0.15, 0.2) is 0 Å². The first-order valence-corrected chi connectivity index (χ1v) is 4.75. The Hall–Kier alpha value is -0.690. The number of ether oxygens (including phenoxy) is 1. The van der Waals surface area contributed by atoms with E-state index in [4.69, 9.17) is 23.2 Å². The molecule has 0 aliphatic carbocycles. The van der Waals surface area contributed by atoms with Crippen LogP contribution in [0.5, 0.6) is 0 Å². The van der Waals surface area contributed by atoms with Gasteiger partial charge in [-0.25, -0.2) is 4.79 Å². The Labute approximate surface area is 89.4 Å². The van der Waals surface area contributed by atoms with Crippen molar-refractivity contribution in [2.45, 2.75) is 0 Å². The van der Waals surface area contributed by atoms with Gasteiger partial charge in [0.25, 0.3) is 0 Å². The number of carbonyl (C=O) groups excluding carboxylic acids is 1.